The highest BCUT2D eigenvalue weighted by molar-refractivity contribution is 5.69. The Balaban J connectivity index is 1.36. The van der Waals surface area contributed by atoms with Crippen molar-refractivity contribution in [1.29, 1.82) is 0 Å². The van der Waals surface area contributed by atoms with Gasteiger partial charge in [0.1, 0.15) is 18.1 Å². The zero-order valence-corrected chi connectivity index (χ0v) is 17.9. The average Bonchev–Trinajstić information content (AvgIpc) is 3.21. The molecule has 9 heteroatoms. The van der Waals surface area contributed by atoms with Gasteiger partial charge in [0.25, 0.3) is 0 Å². The normalized spacial score (nSPS) is 15.2. The van der Waals surface area contributed by atoms with E-state index in [1.54, 1.807) is 19.1 Å². The first-order valence-corrected chi connectivity index (χ1v) is 10.5. The van der Waals surface area contributed by atoms with Gasteiger partial charge in [-0.1, -0.05) is 19.1 Å². The molecule has 4 rings (SSSR count). The van der Waals surface area contributed by atoms with Crippen molar-refractivity contribution in [3.63, 3.8) is 0 Å². The molecule has 1 aliphatic rings. The first-order chi connectivity index (χ1) is 15.7. The van der Waals surface area contributed by atoms with Crippen molar-refractivity contribution in [1.82, 2.24) is 9.88 Å². The Kier molecular flexibility index (Phi) is 6.42. The number of hydrogen-bond acceptors (Lipinski definition) is 5. The van der Waals surface area contributed by atoms with Gasteiger partial charge in [0.2, 0.25) is 5.89 Å². The van der Waals surface area contributed by atoms with E-state index in [0.29, 0.717) is 36.7 Å². The number of carbonyl (C=O) groups is 1. The van der Waals surface area contributed by atoms with Crippen LogP contribution in [0.15, 0.2) is 52.9 Å². The minimum Gasteiger partial charge on any atom is -0.489 e. The summed E-state index contributed by atoms with van der Waals surface area (Å²) in [5, 5.41) is 9.11. The van der Waals surface area contributed by atoms with Gasteiger partial charge >= 0.3 is 12.1 Å². The number of aromatic nitrogens is 1. The van der Waals surface area contributed by atoms with Gasteiger partial charge in [-0.3, -0.25) is 9.69 Å². The number of nitrogens with zero attached hydrogens (tertiary/aromatic N) is 2. The van der Waals surface area contributed by atoms with E-state index in [9.17, 15) is 18.0 Å². The molecule has 0 spiro atoms. The van der Waals surface area contributed by atoms with E-state index in [2.05, 4.69) is 9.88 Å². The monoisotopic (exact) mass is 460 g/mol. The number of rotatable bonds is 7. The van der Waals surface area contributed by atoms with Crippen molar-refractivity contribution in [3.05, 3.63) is 71.1 Å². The summed E-state index contributed by atoms with van der Waals surface area (Å²) in [7, 11) is 0. The predicted octanol–water partition coefficient (Wildman–Crippen LogP) is 5.02. The number of benzene rings is 2. The molecule has 0 saturated heterocycles. The van der Waals surface area contributed by atoms with E-state index in [4.69, 9.17) is 14.3 Å². The summed E-state index contributed by atoms with van der Waals surface area (Å²) in [6.45, 7) is 3.56. The van der Waals surface area contributed by atoms with Crippen molar-refractivity contribution in [3.8, 4) is 17.2 Å². The molecule has 1 aromatic heterocycles. The largest absolute Gasteiger partial charge is 0.489 e. The van der Waals surface area contributed by atoms with Gasteiger partial charge in [-0.2, -0.15) is 13.2 Å². The Labute approximate surface area is 188 Å². The Morgan fingerprint density at radius 1 is 1.18 bits per heavy atom. The second-order valence-corrected chi connectivity index (χ2v) is 8.12. The van der Waals surface area contributed by atoms with E-state index in [1.807, 2.05) is 12.1 Å². The molecule has 1 atom stereocenters. The van der Waals surface area contributed by atoms with Gasteiger partial charge in [0.15, 0.2) is 0 Å². The Bertz CT molecular complexity index is 1110. The Hall–Kier alpha value is -3.33. The van der Waals surface area contributed by atoms with Crippen LogP contribution in [-0.4, -0.2) is 34.0 Å². The number of carboxylic acids is 1. The second kappa shape index (κ2) is 9.27. The molecule has 0 radical (unpaired) electrons. The van der Waals surface area contributed by atoms with Crippen molar-refractivity contribution in [2.24, 2.45) is 5.92 Å². The van der Waals surface area contributed by atoms with Gasteiger partial charge in [0.05, 0.1) is 17.2 Å². The van der Waals surface area contributed by atoms with E-state index in [-0.39, 0.29) is 6.61 Å². The van der Waals surface area contributed by atoms with Crippen LogP contribution in [-0.2, 0) is 30.5 Å². The van der Waals surface area contributed by atoms with Crippen molar-refractivity contribution < 1.29 is 32.2 Å². The molecule has 1 aliphatic heterocycles. The van der Waals surface area contributed by atoms with Crippen molar-refractivity contribution >= 4 is 5.97 Å². The van der Waals surface area contributed by atoms with Crippen LogP contribution >= 0.6 is 0 Å². The van der Waals surface area contributed by atoms with Gasteiger partial charge in [-0.15, -0.1) is 0 Å². The summed E-state index contributed by atoms with van der Waals surface area (Å²) >= 11 is 0. The fourth-order valence-corrected chi connectivity index (χ4v) is 3.65. The second-order valence-electron chi connectivity index (χ2n) is 8.12. The van der Waals surface area contributed by atoms with Crippen LogP contribution in [0.3, 0.4) is 0 Å². The number of halogens is 3. The number of ether oxygens (including phenoxy) is 1. The van der Waals surface area contributed by atoms with Crippen molar-refractivity contribution in [2.75, 3.05) is 13.1 Å². The molecule has 0 amide bonds. The standard InChI is InChI=1S/C24H23F3N2O4/c1-15(23(30)31)12-29-11-10-21-20(13-29)28-22(33-21)17-4-8-19(9-5-17)32-14-16-2-6-18(7-3-16)24(25,26)27/h2-9,15H,10-14H2,1H3,(H,30,31). The van der Waals surface area contributed by atoms with Crippen LogP contribution < -0.4 is 4.74 Å². The maximum absolute atomic E-state index is 12.7. The van der Waals surface area contributed by atoms with Crippen LogP contribution in [0.5, 0.6) is 5.75 Å². The molecule has 0 fully saturated rings. The lowest BCUT2D eigenvalue weighted by molar-refractivity contribution is -0.142. The molecule has 0 bridgehead atoms. The van der Waals surface area contributed by atoms with E-state index in [1.165, 1.54) is 12.1 Å². The molecular weight excluding hydrogens is 437 g/mol. The van der Waals surface area contributed by atoms with Gasteiger partial charge in [0, 0.05) is 31.6 Å². The fourth-order valence-electron chi connectivity index (χ4n) is 3.65. The van der Waals surface area contributed by atoms with Crippen LogP contribution in [0.1, 0.15) is 29.5 Å². The van der Waals surface area contributed by atoms with Gasteiger partial charge in [-0.25, -0.2) is 4.98 Å². The molecule has 2 heterocycles. The lowest BCUT2D eigenvalue weighted by atomic mass is 10.1. The van der Waals surface area contributed by atoms with Gasteiger partial charge in [-0.05, 0) is 42.0 Å². The van der Waals surface area contributed by atoms with E-state index >= 15 is 0 Å². The summed E-state index contributed by atoms with van der Waals surface area (Å²) in [6, 6.07) is 12.0. The number of oxazole rings is 1. The van der Waals surface area contributed by atoms with Crippen LogP contribution in [0.2, 0.25) is 0 Å². The molecule has 1 N–H and O–H groups in total. The highest BCUT2D eigenvalue weighted by atomic mass is 19.4. The zero-order valence-electron chi connectivity index (χ0n) is 17.9. The first kappa shape index (κ1) is 22.8. The number of aliphatic carboxylic acids is 1. The van der Waals surface area contributed by atoms with Gasteiger partial charge < -0.3 is 14.3 Å². The molecule has 0 saturated carbocycles. The average molecular weight is 460 g/mol. The van der Waals surface area contributed by atoms with Crippen LogP contribution in [0, 0.1) is 5.92 Å². The summed E-state index contributed by atoms with van der Waals surface area (Å²) in [5.74, 6) is 0.605. The smallest absolute Gasteiger partial charge is 0.416 e. The summed E-state index contributed by atoms with van der Waals surface area (Å²) in [5.41, 5.74) is 1.53. The maximum Gasteiger partial charge on any atom is 0.416 e. The molecule has 0 aliphatic carbocycles. The van der Waals surface area contributed by atoms with E-state index < -0.39 is 23.6 Å². The SMILES string of the molecule is CC(CN1CCc2oc(-c3ccc(OCc4ccc(C(F)(F)F)cc4)cc3)nc2C1)C(=O)O. The maximum atomic E-state index is 12.7. The molecule has 2 aromatic carbocycles. The lowest BCUT2D eigenvalue weighted by Crippen LogP contribution is -2.35. The zero-order chi connectivity index (χ0) is 23.6. The first-order valence-electron chi connectivity index (χ1n) is 10.5. The summed E-state index contributed by atoms with van der Waals surface area (Å²) in [4.78, 5) is 17.7. The van der Waals surface area contributed by atoms with E-state index in [0.717, 1.165) is 35.7 Å². The molecule has 33 heavy (non-hydrogen) atoms. The summed E-state index contributed by atoms with van der Waals surface area (Å²) in [6.07, 6.45) is -3.69. The molecule has 3 aromatic rings. The lowest BCUT2D eigenvalue weighted by Gasteiger charge is -2.26. The number of carboxylic acid groups (broad SMARTS) is 1. The molecular formula is C24H23F3N2O4. The highest BCUT2D eigenvalue weighted by Gasteiger charge is 2.30. The van der Waals surface area contributed by atoms with Crippen LogP contribution in [0.4, 0.5) is 13.2 Å². The van der Waals surface area contributed by atoms with Crippen molar-refractivity contribution in [2.45, 2.75) is 32.7 Å². The molecule has 174 valence electrons. The number of fused-ring (bicyclic) bond motifs is 1. The number of alkyl halides is 3. The molecule has 6 nitrogen and oxygen atoms in total. The third-order valence-electron chi connectivity index (χ3n) is 5.55. The minimum absolute atomic E-state index is 0.148. The fraction of sp³-hybridized carbons (Fsp3) is 0.333. The third kappa shape index (κ3) is 5.54. The topological polar surface area (TPSA) is 75.8 Å². The third-order valence-corrected chi connectivity index (χ3v) is 5.55. The predicted molar refractivity (Wildman–Crippen MR) is 113 cm³/mol. The Morgan fingerprint density at radius 2 is 1.88 bits per heavy atom. The van der Waals surface area contributed by atoms with Crippen LogP contribution in [0.25, 0.3) is 11.5 Å². The quantitative estimate of drug-likeness (QED) is 0.534. The Morgan fingerprint density at radius 3 is 2.52 bits per heavy atom. The molecule has 1 unspecified atom stereocenters. The highest BCUT2D eigenvalue weighted by Crippen LogP contribution is 2.30. The number of hydrogen-bond donors (Lipinski definition) is 1. The summed E-state index contributed by atoms with van der Waals surface area (Å²) < 4.78 is 49.5. The minimum atomic E-state index is -4.36.